The number of hydrogen-bond donors (Lipinski definition) is 4. The van der Waals surface area contributed by atoms with Crippen molar-refractivity contribution in [3.05, 3.63) is 98.5 Å². The Bertz CT molecular complexity index is 1500. The lowest BCUT2D eigenvalue weighted by Gasteiger charge is -2.47. The standard InChI is InChI=1S/C29H26Cl3FN4O3/c1-16(38)18-9-25(33)28(35-12-18)37-14-29(39,15-37)21-8-7-19(10-24(21)32)40-13-26(20(11-34)17-5-6-17)36-27-22(30)3-2-4-23(27)31/h2-4,7-12,17,34,36,38-39H,1,5-6,13-15H2/b26-20+,34-11?. The highest BCUT2D eigenvalue weighted by atomic mass is 35.5. The minimum atomic E-state index is -1.31. The number of halogens is 4. The Morgan fingerprint density at radius 3 is 2.45 bits per heavy atom. The second kappa shape index (κ2) is 11.3. The van der Waals surface area contributed by atoms with Crippen molar-refractivity contribution >= 4 is 58.3 Å². The molecule has 0 spiro atoms. The zero-order valence-corrected chi connectivity index (χ0v) is 23.5. The third kappa shape index (κ3) is 5.76. The summed E-state index contributed by atoms with van der Waals surface area (Å²) >= 11 is 19.3. The van der Waals surface area contributed by atoms with Gasteiger partial charge in [0.25, 0.3) is 0 Å². The minimum Gasteiger partial charge on any atom is -0.508 e. The Morgan fingerprint density at radius 2 is 1.88 bits per heavy atom. The van der Waals surface area contributed by atoms with E-state index in [1.165, 1.54) is 12.4 Å². The van der Waals surface area contributed by atoms with Crippen LogP contribution in [0.4, 0.5) is 15.9 Å². The van der Waals surface area contributed by atoms with Crippen LogP contribution in [0.25, 0.3) is 5.76 Å². The van der Waals surface area contributed by atoms with Gasteiger partial charge < -0.3 is 30.6 Å². The van der Waals surface area contributed by atoms with Crippen LogP contribution >= 0.6 is 34.8 Å². The van der Waals surface area contributed by atoms with E-state index in [4.69, 9.17) is 44.9 Å². The van der Waals surface area contributed by atoms with Crippen LogP contribution < -0.4 is 15.0 Å². The fourth-order valence-corrected chi connectivity index (χ4v) is 5.49. The molecule has 4 N–H and O–H groups in total. The molecule has 2 heterocycles. The molecule has 0 unspecified atom stereocenters. The number of anilines is 2. The summed E-state index contributed by atoms with van der Waals surface area (Å²) in [5.41, 5.74) is 1.38. The van der Waals surface area contributed by atoms with Crippen molar-refractivity contribution in [3.8, 4) is 5.75 Å². The first-order valence-corrected chi connectivity index (χ1v) is 13.6. The first-order chi connectivity index (χ1) is 19.1. The zero-order valence-electron chi connectivity index (χ0n) is 21.2. The van der Waals surface area contributed by atoms with E-state index in [1.807, 2.05) is 0 Å². The van der Waals surface area contributed by atoms with Crippen LogP contribution in [0, 0.1) is 17.1 Å². The maximum atomic E-state index is 14.5. The van der Waals surface area contributed by atoms with Crippen molar-refractivity contribution in [3.63, 3.8) is 0 Å². The van der Waals surface area contributed by atoms with Gasteiger partial charge in [0.05, 0.1) is 39.5 Å². The molecule has 1 aromatic heterocycles. The summed E-state index contributed by atoms with van der Waals surface area (Å²) in [6.07, 6.45) is 4.63. The van der Waals surface area contributed by atoms with Crippen molar-refractivity contribution in [2.24, 2.45) is 5.92 Å². The number of nitrogens with zero attached hydrogens (tertiary/aromatic N) is 2. The van der Waals surface area contributed by atoms with Crippen LogP contribution in [0.1, 0.15) is 24.0 Å². The summed E-state index contributed by atoms with van der Waals surface area (Å²) in [5.74, 6) is -0.111. The molecule has 2 aromatic carbocycles. The molecule has 0 atom stereocenters. The molecule has 7 nitrogen and oxygen atoms in total. The first-order valence-electron chi connectivity index (χ1n) is 12.5. The largest absolute Gasteiger partial charge is 0.508 e. The van der Waals surface area contributed by atoms with Crippen LogP contribution in [-0.2, 0) is 5.60 Å². The molecule has 0 bridgehead atoms. The molecule has 11 heteroatoms. The number of rotatable bonds is 10. The summed E-state index contributed by atoms with van der Waals surface area (Å²) in [6.45, 7) is 3.64. The topological polar surface area (TPSA) is 102 Å². The van der Waals surface area contributed by atoms with E-state index in [9.17, 15) is 14.6 Å². The SMILES string of the molecule is C=C(O)c1cnc(N2CC(O)(c3ccc(OC/C(Nc4c(Cl)cccc4Cl)=C(/C=N)C4CC4)cc3Cl)C2)c(F)c1. The number of aliphatic hydroxyl groups is 2. The molecular formula is C29H26Cl3FN4O3. The smallest absolute Gasteiger partial charge is 0.166 e. The highest BCUT2D eigenvalue weighted by Gasteiger charge is 2.45. The van der Waals surface area contributed by atoms with Crippen molar-refractivity contribution in [1.82, 2.24) is 4.98 Å². The second-order valence-electron chi connectivity index (χ2n) is 9.87. The average Bonchev–Trinajstić information content (AvgIpc) is 3.73. The van der Waals surface area contributed by atoms with Gasteiger partial charge in [-0.05, 0) is 54.7 Å². The summed E-state index contributed by atoms with van der Waals surface area (Å²) < 4.78 is 20.6. The summed E-state index contributed by atoms with van der Waals surface area (Å²) in [6, 6.07) is 11.3. The maximum Gasteiger partial charge on any atom is 0.166 e. The number of ether oxygens (including phenoxy) is 1. The van der Waals surface area contributed by atoms with E-state index in [0.29, 0.717) is 37.8 Å². The molecule has 0 amide bonds. The van der Waals surface area contributed by atoms with Gasteiger partial charge in [0.15, 0.2) is 11.6 Å². The first kappa shape index (κ1) is 28.2. The van der Waals surface area contributed by atoms with Gasteiger partial charge in [-0.2, -0.15) is 0 Å². The molecule has 3 aromatic rings. The number of pyridine rings is 1. The molecule has 208 valence electrons. The molecule has 1 aliphatic carbocycles. The monoisotopic (exact) mass is 602 g/mol. The molecule has 2 aliphatic rings. The van der Waals surface area contributed by atoms with Crippen LogP contribution in [0.3, 0.4) is 0 Å². The second-order valence-corrected chi connectivity index (χ2v) is 11.1. The summed E-state index contributed by atoms with van der Waals surface area (Å²) in [7, 11) is 0. The van der Waals surface area contributed by atoms with Crippen molar-refractivity contribution in [2.45, 2.75) is 18.4 Å². The van der Waals surface area contributed by atoms with E-state index in [0.717, 1.165) is 24.5 Å². The van der Waals surface area contributed by atoms with Gasteiger partial charge in [-0.3, -0.25) is 0 Å². The fraction of sp³-hybridized carbons (Fsp3) is 0.241. The predicted octanol–water partition coefficient (Wildman–Crippen LogP) is 7.22. The van der Waals surface area contributed by atoms with Crippen LogP contribution in [0.2, 0.25) is 15.1 Å². The predicted molar refractivity (Wildman–Crippen MR) is 158 cm³/mol. The number of aliphatic hydroxyl groups excluding tert-OH is 1. The molecule has 0 radical (unpaired) electrons. The van der Waals surface area contributed by atoms with E-state index in [1.54, 1.807) is 41.3 Å². The van der Waals surface area contributed by atoms with E-state index < -0.39 is 11.4 Å². The maximum absolute atomic E-state index is 14.5. The van der Waals surface area contributed by atoms with Crippen LogP contribution in [0.5, 0.6) is 5.75 Å². The molecule has 1 aliphatic heterocycles. The average molecular weight is 604 g/mol. The lowest BCUT2D eigenvalue weighted by molar-refractivity contribution is 0.00673. The minimum absolute atomic E-state index is 0.0638. The number of benzene rings is 2. The van der Waals surface area contributed by atoms with E-state index >= 15 is 0 Å². The van der Waals surface area contributed by atoms with Gasteiger partial charge >= 0.3 is 0 Å². The number of aromatic nitrogens is 1. The molecule has 1 saturated heterocycles. The summed E-state index contributed by atoms with van der Waals surface area (Å²) in [5, 5.41) is 33.1. The normalized spacial score (nSPS) is 16.6. The zero-order chi connectivity index (χ0) is 28.6. The summed E-state index contributed by atoms with van der Waals surface area (Å²) in [4.78, 5) is 5.64. The molecule has 1 saturated carbocycles. The molecule has 2 fully saturated rings. The number of nitrogens with one attached hydrogen (secondary N) is 2. The van der Waals surface area contributed by atoms with Crippen molar-refractivity contribution < 1.29 is 19.3 Å². The van der Waals surface area contributed by atoms with Gasteiger partial charge in [-0.25, -0.2) is 9.37 Å². The van der Waals surface area contributed by atoms with Gasteiger partial charge in [0, 0.05) is 23.5 Å². The Balaban J connectivity index is 1.30. The van der Waals surface area contributed by atoms with Gasteiger partial charge in [0.1, 0.15) is 23.7 Å². The highest BCUT2D eigenvalue weighted by Crippen LogP contribution is 2.41. The lowest BCUT2D eigenvalue weighted by atomic mass is 9.86. The van der Waals surface area contributed by atoms with E-state index in [-0.39, 0.29) is 42.8 Å². The fourth-order valence-electron chi connectivity index (χ4n) is 4.65. The van der Waals surface area contributed by atoms with Crippen LogP contribution in [-0.4, -0.2) is 41.1 Å². The highest BCUT2D eigenvalue weighted by molar-refractivity contribution is 6.39. The quantitative estimate of drug-likeness (QED) is 0.144. The van der Waals surface area contributed by atoms with Crippen molar-refractivity contribution in [1.29, 1.82) is 5.41 Å². The molecule has 5 rings (SSSR count). The molecular weight excluding hydrogens is 578 g/mol. The van der Waals surface area contributed by atoms with E-state index in [2.05, 4.69) is 16.9 Å². The Kier molecular flexibility index (Phi) is 7.97. The number of hydrogen-bond acceptors (Lipinski definition) is 7. The third-order valence-corrected chi connectivity index (χ3v) is 7.89. The Hall–Kier alpha value is -3.30. The number of β-amino-alcohol motifs (C(OH)–C–C–N with tert-alkyl or cyclic N) is 1. The van der Waals surface area contributed by atoms with Gasteiger partial charge in [0.2, 0.25) is 0 Å². The van der Waals surface area contributed by atoms with Gasteiger partial charge in [-0.1, -0.05) is 53.5 Å². The van der Waals surface area contributed by atoms with Crippen molar-refractivity contribution in [2.75, 3.05) is 29.9 Å². The lowest BCUT2D eigenvalue weighted by Crippen LogP contribution is -2.60. The molecule has 40 heavy (non-hydrogen) atoms. The third-order valence-electron chi connectivity index (χ3n) is 6.94. The van der Waals surface area contributed by atoms with Crippen LogP contribution in [0.15, 0.2) is 66.5 Å². The number of para-hydroxylation sites is 1. The number of allylic oxidation sites excluding steroid dienone is 1. The Morgan fingerprint density at radius 1 is 1.18 bits per heavy atom. The van der Waals surface area contributed by atoms with Gasteiger partial charge in [-0.15, -0.1) is 0 Å². The Labute approximate surface area is 246 Å².